The van der Waals surface area contributed by atoms with Crippen molar-refractivity contribution in [2.75, 3.05) is 20.2 Å². The number of phosphoric acid groups is 3. The standard InChI is InChI=1S/C21H31N4O16P3/c1-22-17(27)8-4-2-3-5-9-18(28)23-10-6-7-14-12-25(21(30)24-20(14)29)19-11-15(26)16(39-19)13-38-43(34,35)41-44(36,37)40-42(31,32)33/h2,4,12,15-16,19,26H,3,5,8-11,13H2,1H3,(H,22,27)(H,23,28)(H,34,35)(H,36,37)(H,24,29,30)(H2,31,32,33)/t15-,16-,19-/m1/s1. The van der Waals surface area contributed by atoms with Crippen molar-refractivity contribution in [3.63, 3.8) is 0 Å². The van der Waals surface area contributed by atoms with E-state index in [9.17, 15) is 47.8 Å². The zero-order valence-corrected chi connectivity index (χ0v) is 25.6. The molecule has 23 heteroatoms. The monoisotopic (exact) mass is 688 g/mol. The van der Waals surface area contributed by atoms with Gasteiger partial charge in [0.25, 0.3) is 5.56 Å². The summed E-state index contributed by atoms with van der Waals surface area (Å²) in [6, 6.07) is 0. The predicted molar refractivity (Wildman–Crippen MR) is 147 cm³/mol. The fourth-order valence-electron chi connectivity index (χ4n) is 3.46. The Labute approximate surface area is 248 Å². The fourth-order valence-corrected chi connectivity index (χ4v) is 6.49. The van der Waals surface area contributed by atoms with Gasteiger partial charge in [-0.15, -0.1) is 0 Å². The molecule has 1 aliphatic rings. The van der Waals surface area contributed by atoms with Gasteiger partial charge in [-0.25, -0.2) is 18.5 Å². The molecule has 1 aromatic heterocycles. The van der Waals surface area contributed by atoms with E-state index in [2.05, 4.69) is 35.6 Å². The minimum Gasteiger partial charge on any atom is -0.390 e. The summed E-state index contributed by atoms with van der Waals surface area (Å²) < 4.78 is 52.0. The van der Waals surface area contributed by atoms with Crippen molar-refractivity contribution in [2.24, 2.45) is 0 Å². The molecule has 2 amide bonds. The van der Waals surface area contributed by atoms with Gasteiger partial charge in [0.1, 0.15) is 17.9 Å². The van der Waals surface area contributed by atoms with Crippen LogP contribution in [0.25, 0.3) is 0 Å². The molecule has 0 bridgehead atoms. The van der Waals surface area contributed by atoms with Gasteiger partial charge in [-0.3, -0.25) is 28.5 Å². The Hall–Kier alpha value is -2.75. The van der Waals surface area contributed by atoms with Crippen LogP contribution in [0.4, 0.5) is 0 Å². The Morgan fingerprint density at radius 2 is 1.84 bits per heavy atom. The molecule has 0 saturated carbocycles. The SMILES string of the molecule is CNC(=O)CC=CCCCC(=O)NCC#Cc1cn([C@H]2C[C@@H](O)[C@@H](COP(=O)(O)OP(=O)(O)OP(=O)(O)O)O2)c(=O)[nH]c1=O. The number of aliphatic hydroxyl groups excluding tert-OH is 1. The quantitative estimate of drug-likeness (QED) is 0.0467. The lowest BCUT2D eigenvalue weighted by Gasteiger charge is -2.19. The minimum atomic E-state index is -5.75. The molecule has 5 atom stereocenters. The Morgan fingerprint density at radius 3 is 2.50 bits per heavy atom. The van der Waals surface area contributed by atoms with Gasteiger partial charge in [0, 0.05) is 32.5 Å². The third kappa shape index (κ3) is 13.5. The number of aromatic nitrogens is 2. The van der Waals surface area contributed by atoms with Gasteiger partial charge in [0.2, 0.25) is 11.8 Å². The Kier molecular flexibility index (Phi) is 14.1. The molecule has 1 aliphatic heterocycles. The van der Waals surface area contributed by atoms with Crippen molar-refractivity contribution >= 4 is 35.3 Å². The van der Waals surface area contributed by atoms with Crippen LogP contribution in [-0.4, -0.2) is 78.5 Å². The van der Waals surface area contributed by atoms with Gasteiger partial charge in [-0.2, -0.15) is 8.62 Å². The maximum Gasteiger partial charge on any atom is 0.490 e. The molecule has 0 spiro atoms. The first kappa shape index (κ1) is 37.4. The number of carbonyl (C=O) groups is 2. The summed E-state index contributed by atoms with van der Waals surface area (Å²) in [5, 5.41) is 15.3. The molecule has 20 nitrogen and oxygen atoms in total. The molecule has 0 radical (unpaired) electrons. The van der Waals surface area contributed by atoms with Gasteiger partial charge in [0.15, 0.2) is 0 Å². The van der Waals surface area contributed by atoms with Crippen LogP contribution >= 0.6 is 23.5 Å². The molecule has 246 valence electrons. The molecule has 44 heavy (non-hydrogen) atoms. The van der Waals surface area contributed by atoms with Gasteiger partial charge in [-0.05, 0) is 12.8 Å². The summed E-state index contributed by atoms with van der Waals surface area (Å²) in [6.07, 6.45) is 1.69. The van der Waals surface area contributed by atoms with Gasteiger partial charge < -0.3 is 40.1 Å². The lowest BCUT2D eigenvalue weighted by Crippen LogP contribution is -2.33. The number of hydrogen-bond acceptors (Lipinski definition) is 12. The molecule has 0 aliphatic carbocycles. The highest BCUT2D eigenvalue weighted by Crippen LogP contribution is 2.66. The van der Waals surface area contributed by atoms with Crippen LogP contribution in [0, 0.1) is 11.8 Å². The molecule has 2 rings (SSSR count). The first-order valence-electron chi connectivity index (χ1n) is 12.5. The van der Waals surface area contributed by atoms with Crippen LogP contribution in [0.1, 0.15) is 43.9 Å². The van der Waals surface area contributed by atoms with Crippen molar-refractivity contribution in [2.45, 2.75) is 50.5 Å². The lowest BCUT2D eigenvalue weighted by atomic mass is 10.2. The first-order valence-corrected chi connectivity index (χ1v) is 17.0. The maximum atomic E-state index is 12.4. The lowest BCUT2D eigenvalue weighted by molar-refractivity contribution is -0.121. The van der Waals surface area contributed by atoms with Crippen LogP contribution in [0.5, 0.6) is 0 Å². The van der Waals surface area contributed by atoms with Crippen LogP contribution in [-0.2, 0) is 41.2 Å². The topological polar surface area (TPSA) is 302 Å². The number of amides is 2. The van der Waals surface area contributed by atoms with E-state index in [4.69, 9.17) is 14.5 Å². The van der Waals surface area contributed by atoms with E-state index in [1.54, 1.807) is 12.2 Å². The maximum absolute atomic E-state index is 12.4. The summed E-state index contributed by atoms with van der Waals surface area (Å²) in [5.41, 5.74) is -2.00. The molecule has 8 N–H and O–H groups in total. The summed E-state index contributed by atoms with van der Waals surface area (Å²) in [6.45, 7) is -1.08. The summed E-state index contributed by atoms with van der Waals surface area (Å²) in [5.74, 6) is 4.64. The second kappa shape index (κ2) is 16.5. The summed E-state index contributed by atoms with van der Waals surface area (Å²) in [4.78, 5) is 85.5. The molecule has 2 heterocycles. The molecule has 0 aromatic carbocycles. The number of nitrogens with zero attached hydrogens (tertiary/aromatic N) is 1. The van der Waals surface area contributed by atoms with Crippen molar-refractivity contribution < 1.29 is 65.8 Å². The molecule has 2 unspecified atom stereocenters. The highest BCUT2D eigenvalue weighted by molar-refractivity contribution is 7.66. The van der Waals surface area contributed by atoms with Gasteiger partial charge in [-0.1, -0.05) is 24.0 Å². The Morgan fingerprint density at radius 1 is 1.14 bits per heavy atom. The Bertz CT molecular complexity index is 1540. The largest absolute Gasteiger partial charge is 0.490 e. The highest BCUT2D eigenvalue weighted by Gasteiger charge is 2.43. The van der Waals surface area contributed by atoms with E-state index in [0.717, 1.165) is 10.8 Å². The minimum absolute atomic E-state index is 0.120. The number of aliphatic hydroxyl groups is 1. The van der Waals surface area contributed by atoms with Crippen molar-refractivity contribution in [1.82, 2.24) is 20.2 Å². The summed E-state index contributed by atoms with van der Waals surface area (Å²) in [7, 11) is -15.3. The second-order valence-corrected chi connectivity index (χ2v) is 13.3. The molecular formula is C21H31N4O16P3. The zero-order valence-electron chi connectivity index (χ0n) is 22.9. The van der Waals surface area contributed by atoms with Gasteiger partial charge >= 0.3 is 29.2 Å². The summed E-state index contributed by atoms with van der Waals surface area (Å²) >= 11 is 0. The van der Waals surface area contributed by atoms with Gasteiger partial charge in [0.05, 0.1) is 19.3 Å². The zero-order chi connectivity index (χ0) is 33.1. The number of phosphoric ester groups is 1. The predicted octanol–water partition coefficient (Wildman–Crippen LogP) is -1.14. The number of unbranched alkanes of at least 4 members (excludes halogenated alkanes) is 1. The number of rotatable bonds is 15. The number of nitrogens with one attached hydrogen (secondary N) is 3. The smallest absolute Gasteiger partial charge is 0.390 e. The van der Waals surface area contributed by atoms with Crippen molar-refractivity contribution in [3.05, 3.63) is 44.8 Å². The highest BCUT2D eigenvalue weighted by atomic mass is 31.3. The van der Waals surface area contributed by atoms with E-state index < -0.39 is 59.8 Å². The number of aromatic amines is 1. The van der Waals surface area contributed by atoms with E-state index >= 15 is 0 Å². The Balaban J connectivity index is 1.93. The van der Waals surface area contributed by atoms with E-state index in [-0.39, 0.29) is 43.2 Å². The number of allylic oxidation sites excluding steroid dienone is 1. The number of carbonyl (C=O) groups excluding carboxylic acids is 2. The van der Waals surface area contributed by atoms with E-state index in [0.29, 0.717) is 12.8 Å². The van der Waals surface area contributed by atoms with Crippen LogP contribution < -0.4 is 21.9 Å². The number of H-pyrrole nitrogens is 1. The second-order valence-electron chi connectivity index (χ2n) is 8.85. The molecular weight excluding hydrogens is 657 g/mol. The number of ether oxygens (including phenoxy) is 1. The van der Waals surface area contributed by atoms with E-state index in [1.807, 2.05) is 4.98 Å². The number of hydrogen-bond donors (Lipinski definition) is 8. The molecule has 1 saturated heterocycles. The third-order valence-electron chi connectivity index (χ3n) is 5.42. The van der Waals surface area contributed by atoms with Crippen LogP contribution in [0.3, 0.4) is 0 Å². The normalized spacial score (nSPS) is 21.2. The third-order valence-corrected chi connectivity index (χ3v) is 9.22. The van der Waals surface area contributed by atoms with Crippen LogP contribution in [0.2, 0.25) is 0 Å². The first-order chi connectivity index (χ1) is 20.4. The molecule has 1 fully saturated rings. The van der Waals surface area contributed by atoms with Crippen molar-refractivity contribution in [1.29, 1.82) is 0 Å². The fraction of sp³-hybridized carbons (Fsp3) is 0.524. The van der Waals surface area contributed by atoms with Crippen LogP contribution in [0.15, 0.2) is 27.9 Å². The molecule has 1 aromatic rings. The average Bonchev–Trinajstić information content (AvgIpc) is 3.26. The van der Waals surface area contributed by atoms with Crippen molar-refractivity contribution in [3.8, 4) is 11.8 Å². The van der Waals surface area contributed by atoms with E-state index in [1.165, 1.54) is 7.05 Å². The average molecular weight is 688 g/mol.